The van der Waals surface area contributed by atoms with Crippen LogP contribution in [0.4, 0.5) is 11.4 Å². The third-order valence-electron chi connectivity index (χ3n) is 9.92. The Bertz CT molecular complexity index is 1840. The van der Waals surface area contributed by atoms with Crippen LogP contribution in [-0.2, 0) is 44.1 Å². The van der Waals surface area contributed by atoms with Crippen molar-refractivity contribution in [1.29, 1.82) is 0 Å². The van der Waals surface area contributed by atoms with Gasteiger partial charge in [0.1, 0.15) is 12.1 Å². The number of benzene rings is 4. The number of amides is 4. The molecule has 4 aromatic carbocycles. The van der Waals surface area contributed by atoms with E-state index in [2.05, 4.69) is 5.32 Å². The predicted molar refractivity (Wildman–Crippen MR) is 169 cm³/mol. The summed E-state index contributed by atoms with van der Waals surface area (Å²) >= 11 is 0. The Labute approximate surface area is 261 Å². The smallest absolute Gasteiger partial charge is 0.253 e. The number of carbonyl (C=O) groups is 4. The van der Waals surface area contributed by atoms with Crippen LogP contribution in [0, 0.1) is 11.8 Å². The minimum Gasteiger partial charge on any atom is -0.310 e. The van der Waals surface area contributed by atoms with Gasteiger partial charge in [0.25, 0.3) is 5.91 Å². The van der Waals surface area contributed by atoms with E-state index in [0.717, 1.165) is 28.8 Å². The number of anilines is 2. The Balaban J connectivity index is 1.19. The maximum atomic E-state index is 14.9. The molecule has 2 saturated heterocycles. The lowest BCUT2D eigenvalue weighted by Crippen LogP contribution is -2.56. The van der Waals surface area contributed by atoms with Gasteiger partial charge in [0.2, 0.25) is 17.7 Å². The van der Waals surface area contributed by atoms with E-state index >= 15 is 0 Å². The van der Waals surface area contributed by atoms with Gasteiger partial charge in [-0.15, -0.1) is 0 Å². The molecule has 224 valence electrons. The maximum absolute atomic E-state index is 14.9. The molecule has 0 bridgehead atoms. The highest BCUT2D eigenvalue weighted by atomic mass is 16.2. The van der Waals surface area contributed by atoms with Crippen molar-refractivity contribution in [3.63, 3.8) is 0 Å². The van der Waals surface area contributed by atoms with Gasteiger partial charge >= 0.3 is 0 Å². The monoisotopic (exact) mass is 596 g/mol. The zero-order chi connectivity index (χ0) is 30.7. The lowest BCUT2D eigenvalue weighted by atomic mass is 9.76. The lowest BCUT2D eigenvalue weighted by Gasteiger charge is -2.31. The Kier molecular flexibility index (Phi) is 6.42. The number of likely N-dealkylation sites (tertiary alicyclic amines) is 1. The van der Waals surface area contributed by atoms with Gasteiger partial charge in [-0.3, -0.25) is 29.4 Å². The van der Waals surface area contributed by atoms with Crippen molar-refractivity contribution in [2.75, 3.05) is 22.9 Å². The fourth-order valence-corrected chi connectivity index (χ4v) is 7.95. The van der Waals surface area contributed by atoms with Crippen LogP contribution < -0.4 is 15.1 Å². The SMILES string of the molecule is O=C1[C@@H]2[C@@H](C(=O)N1Cc1ccccc1)[C@]1(N[C@@H]2Cc2ccccc2)C(=O)N(CC(=O)N2CCc3ccccc32)c2ccccc21. The molecule has 2 fully saturated rings. The summed E-state index contributed by atoms with van der Waals surface area (Å²) < 4.78 is 0. The van der Waals surface area contributed by atoms with Crippen molar-refractivity contribution in [1.82, 2.24) is 10.2 Å². The topological polar surface area (TPSA) is 90.0 Å². The van der Waals surface area contributed by atoms with Crippen LogP contribution >= 0.6 is 0 Å². The number of hydrogen-bond acceptors (Lipinski definition) is 5. The second kappa shape index (κ2) is 10.5. The Morgan fingerprint density at radius 1 is 0.733 bits per heavy atom. The number of para-hydroxylation sites is 2. The van der Waals surface area contributed by atoms with Gasteiger partial charge in [-0.1, -0.05) is 97.1 Å². The first kappa shape index (κ1) is 27.5. The number of hydrogen-bond donors (Lipinski definition) is 1. The van der Waals surface area contributed by atoms with Crippen LogP contribution in [0.25, 0.3) is 0 Å². The number of nitrogens with zero attached hydrogens (tertiary/aromatic N) is 3. The van der Waals surface area contributed by atoms with E-state index in [1.54, 1.807) is 4.90 Å². The van der Waals surface area contributed by atoms with Gasteiger partial charge in [-0.2, -0.15) is 0 Å². The molecule has 1 spiro atoms. The van der Waals surface area contributed by atoms with Crippen molar-refractivity contribution in [2.45, 2.75) is 31.0 Å². The van der Waals surface area contributed by atoms with Gasteiger partial charge in [-0.25, -0.2) is 0 Å². The Morgan fingerprint density at radius 2 is 1.38 bits per heavy atom. The van der Waals surface area contributed by atoms with Crippen molar-refractivity contribution in [3.05, 3.63) is 131 Å². The highest BCUT2D eigenvalue weighted by molar-refractivity contribution is 6.18. The van der Waals surface area contributed by atoms with Crippen molar-refractivity contribution in [3.8, 4) is 0 Å². The quantitative estimate of drug-likeness (QED) is 0.342. The molecule has 0 aliphatic carbocycles. The van der Waals surface area contributed by atoms with Gasteiger partial charge in [-0.05, 0) is 41.7 Å². The number of imide groups is 1. The molecule has 1 N–H and O–H groups in total. The number of nitrogens with one attached hydrogen (secondary N) is 1. The minimum absolute atomic E-state index is 0.145. The van der Waals surface area contributed by atoms with E-state index in [1.165, 1.54) is 9.80 Å². The van der Waals surface area contributed by atoms with Crippen LogP contribution in [0.5, 0.6) is 0 Å². The molecule has 8 nitrogen and oxygen atoms in total. The normalized spacial score (nSPS) is 24.8. The number of rotatable bonds is 6. The van der Waals surface area contributed by atoms with Gasteiger partial charge in [0.15, 0.2) is 0 Å². The second-order valence-electron chi connectivity index (χ2n) is 12.3. The molecule has 4 atom stereocenters. The van der Waals surface area contributed by atoms with Crippen LogP contribution in [0.3, 0.4) is 0 Å². The van der Waals surface area contributed by atoms with Crippen LogP contribution in [0.2, 0.25) is 0 Å². The summed E-state index contributed by atoms with van der Waals surface area (Å²) in [6, 6.07) is 34.0. The molecule has 0 saturated carbocycles. The summed E-state index contributed by atoms with van der Waals surface area (Å²) in [5, 5.41) is 3.57. The van der Waals surface area contributed by atoms with Crippen LogP contribution in [0.15, 0.2) is 109 Å². The highest BCUT2D eigenvalue weighted by Gasteiger charge is 2.71. The van der Waals surface area contributed by atoms with Crippen LogP contribution in [-0.4, -0.2) is 47.7 Å². The first-order valence-corrected chi connectivity index (χ1v) is 15.5. The molecular weight excluding hydrogens is 564 g/mol. The number of carbonyl (C=O) groups excluding carboxylic acids is 4. The Morgan fingerprint density at radius 3 is 2.13 bits per heavy atom. The molecule has 4 aromatic rings. The molecule has 0 radical (unpaired) electrons. The summed E-state index contributed by atoms with van der Waals surface area (Å²) in [6.45, 7) is 0.535. The average molecular weight is 597 g/mol. The minimum atomic E-state index is -1.47. The largest absolute Gasteiger partial charge is 0.310 e. The zero-order valence-electron chi connectivity index (χ0n) is 24.6. The van der Waals surface area contributed by atoms with E-state index in [4.69, 9.17) is 0 Å². The fourth-order valence-electron chi connectivity index (χ4n) is 7.95. The molecule has 0 aromatic heterocycles. The molecule has 4 aliphatic rings. The zero-order valence-corrected chi connectivity index (χ0v) is 24.6. The Hall–Kier alpha value is -5.08. The summed E-state index contributed by atoms with van der Waals surface area (Å²) in [5.74, 6) is -2.86. The van der Waals surface area contributed by atoms with Crippen molar-refractivity contribution >= 4 is 35.0 Å². The van der Waals surface area contributed by atoms with Gasteiger partial charge in [0.05, 0.1) is 18.4 Å². The number of fused-ring (bicyclic) bond motifs is 5. The van der Waals surface area contributed by atoms with Gasteiger partial charge in [0, 0.05) is 29.5 Å². The molecule has 4 aliphatic heterocycles. The van der Waals surface area contributed by atoms with Crippen LogP contribution in [0.1, 0.15) is 22.3 Å². The van der Waals surface area contributed by atoms with E-state index in [1.807, 2.05) is 109 Å². The summed E-state index contributed by atoms with van der Waals surface area (Å²) in [5.41, 5.74) is 3.58. The predicted octanol–water partition coefficient (Wildman–Crippen LogP) is 3.83. The first-order valence-electron chi connectivity index (χ1n) is 15.5. The first-order chi connectivity index (χ1) is 22.0. The van der Waals surface area contributed by atoms with E-state index in [9.17, 15) is 19.2 Å². The molecule has 8 rings (SSSR count). The van der Waals surface area contributed by atoms with Crippen molar-refractivity contribution in [2.24, 2.45) is 11.8 Å². The molecule has 45 heavy (non-hydrogen) atoms. The van der Waals surface area contributed by atoms with Gasteiger partial charge < -0.3 is 9.80 Å². The molecular formula is C37H32N4O4. The maximum Gasteiger partial charge on any atom is 0.253 e. The molecule has 4 heterocycles. The lowest BCUT2D eigenvalue weighted by molar-refractivity contribution is -0.143. The summed E-state index contributed by atoms with van der Waals surface area (Å²) in [6.07, 6.45) is 1.23. The van der Waals surface area contributed by atoms with E-state index in [-0.39, 0.29) is 36.7 Å². The summed E-state index contributed by atoms with van der Waals surface area (Å²) in [4.78, 5) is 61.9. The third kappa shape index (κ3) is 4.16. The highest BCUT2D eigenvalue weighted by Crippen LogP contribution is 2.55. The molecule has 4 amide bonds. The fraction of sp³-hybridized carbons (Fsp3) is 0.243. The van der Waals surface area contributed by atoms with Crippen molar-refractivity contribution < 1.29 is 19.2 Å². The average Bonchev–Trinajstić information content (AvgIpc) is 3.78. The second-order valence-corrected chi connectivity index (χ2v) is 12.3. The van der Waals surface area contributed by atoms with E-state index < -0.39 is 23.4 Å². The van der Waals surface area contributed by atoms with E-state index in [0.29, 0.717) is 24.2 Å². The molecule has 0 unspecified atom stereocenters. The molecule has 8 heteroatoms. The standard InChI is InChI=1S/C37H32N4O4/c42-31(39-20-19-26-15-7-9-17-29(26)39)23-40-30-18-10-8-16-27(30)37(36(40)45)33-32(28(38-37)21-24-11-3-1-4-12-24)34(43)41(35(33)44)22-25-13-5-2-6-14-25/h1-18,28,32-33,38H,19-23H2/t28-,32+,33+,37+/m1/s1. The third-order valence-corrected chi connectivity index (χ3v) is 9.92. The summed E-state index contributed by atoms with van der Waals surface area (Å²) in [7, 11) is 0.